The van der Waals surface area contributed by atoms with Crippen molar-refractivity contribution in [1.82, 2.24) is 4.98 Å². The van der Waals surface area contributed by atoms with Gasteiger partial charge in [-0.15, -0.1) is 0 Å². The van der Waals surface area contributed by atoms with E-state index in [1.165, 1.54) is 6.20 Å². The van der Waals surface area contributed by atoms with Gasteiger partial charge in [0.2, 0.25) is 0 Å². The molecule has 15 heavy (non-hydrogen) atoms. The average Bonchev–Trinajstić information content (AvgIpc) is 3.02. The van der Waals surface area contributed by atoms with Gasteiger partial charge in [0.25, 0.3) is 5.91 Å². The Kier molecular flexibility index (Phi) is 2.45. The fourth-order valence-corrected chi connectivity index (χ4v) is 1.23. The first-order valence-corrected chi connectivity index (χ1v) is 4.85. The van der Waals surface area contributed by atoms with Crippen molar-refractivity contribution >= 4 is 11.7 Å². The molecule has 1 aromatic rings. The number of carbonyl (C=O) groups is 1. The van der Waals surface area contributed by atoms with Crippen molar-refractivity contribution in [1.29, 1.82) is 0 Å². The number of aromatic nitrogens is 1. The van der Waals surface area contributed by atoms with E-state index in [0.717, 1.165) is 12.8 Å². The molecule has 0 bridgehead atoms. The molecule has 1 fully saturated rings. The van der Waals surface area contributed by atoms with Crippen molar-refractivity contribution in [2.45, 2.75) is 18.9 Å². The fourth-order valence-electron chi connectivity index (χ4n) is 1.23. The quantitative estimate of drug-likeness (QED) is 0.764. The van der Waals surface area contributed by atoms with Crippen LogP contribution in [0.1, 0.15) is 23.2 Å². The van der Waals surface area contributed by atoms with Crippen LogP contribution in [0, 0.1) is 0 Å². The van der Waals surface area contributed by atoms with Gasteiger partial charge in [0.15, 0.2) is 5.75 Å². The largest absolute Gasteiger partial charge is 0.488 e. The number of rotatable bonds is 4. The zero-order valence-electron chi connectivity index (χ0n) is 8.49. The molecule has 0 saturated heterocycles. The van der Waals surface area contributed by atoms with Crippen LogP contribution in [-0.4, -0.2) is 24.0 Å². The van der Waals surface area contributed by atoms with Crippen LogP contribution in [0.4, 0.5) is 5.82 Å². The molecule has 2 rings (SSSR count). The van der Waals surface area contributed by atoms with Gasteiger partial charge in [-0.25, -0.2) is 4.98 Å². The van der Waals surface area contributed by atoms with Crippen LogP contribution in [-0.2, 0) is 0 Å². The minimum absolute atomic E-state index is 0.227. The molecule has 80 valence electrons. The Morgan fingerprint density at radius 2 is 2.40 bits per heavy atom. The molecular weight excluding hydrogens is 194 g/mol. The van der Waals surface area contributed by atoms with Gasteiger partial charge in [-0.3, -0.25) is 4.79 Å². The topological polar surface area (TPSA) is 77.2 Å². The SMILES string of the molecule is CNc1cc(C(N)=O)c(OC2CC2)cn1. The molecule has 0 radical (unpaired) electrons. The molecule has 1 heterocycles. The number of primary amides is 1. The number of nitrogens with zero attached hydrogens (tertiary/aromatic N) is 1. The molecule has 0 aliphatic heterocycles. The Morgan fingerprint density at radius 3 is 2.93 bits per heavy atom. The van der Waals surface area contributed by atoms with E-state index in [1.807, 2.05) is 0 Å². The van der Waals surface area contributed by atoms with Gasteiger partial charge in [-0.05, 0) is 18.9 Å². The van der Waals surface area contributed by atoms with Crippen LogP contribution >= 0.6 is 0 Å². The van der Waals surface area contributed by atoms with E-state index in [9.17, 15) is 4.79 Å². The minimum atomic E-state index is -0.496. The van der Waals surface area contributed by atoms with Crippen molar-refractivity contribution < 1.29 is 9.53 Å². The molecule has 1 amide bonds. The van der Waals surface area contributed by atoms with E-state index in [4.69, 9.17) is 10.5 Å². The third kappa shape index (κ3) is 2.18. The first kappa shape index (κ1) is 9.76. The summed E-state index contributed by atoms with van der Waals surface area (Å²) in [5.74, 6) is 0.584. The summed E-state index contributed by atoms with van der Waals surface area (Å²) in [6.45, 7) is 0. The summed E-state index contributed by atoms with van der Waals surface area (Å²) in [7, 11) is 1.73. The van der Waals surface area contributed by atoms with Gasteiger partial charge < -0.3 is 15.8 Å². The predicted molar refractivity (Wildman–Crippen MR) is 56.0 cm³/mol. The third-order valence-electron chi connectivity index (χ3n) is 2.21. The molecule has 0 atom stereocenters. The molecule has 1 aliphatic rings. The molecular formula is C10H13N3O2. The normalized spacial score (nSPS) is 14.7. The molecule has 1 aliphatic carbocycles. The Hall–Kier alpha value is -1.78. The van der Waals surface area contributed by atoms with Crippen molar-refractivity contribution in [3.63, 3.8) is 0 Å². The molecule has 3 N–H and O–H groups in total. The highest BCUT2D eigenvalue weighted by molar-refractivity contribution is 5.96. The Balaban J connectivity index is 2.29. The maximum Gasteiger partial charge on any atom is 0.252 e. The zero-order chi connectivity index (χ0) is 10.8. The van der Waals surface area contributed by atoms with Crippen molar-refractivity contribution in [3.8, 4) is 5.75 Å². The summed E-state index contributed by atoms with van der Waals surface area (Å²) in [5, 5.41) is 2.84. The van der Waals surface area contributed by atoms with E-state index in [0.29, 0.717) is 17.1 Å². The lowest BCUT2D eigenvalue weighted by Crippen LogP contribution is -2.14. The second-order valence-electron chi connectivity index (χ2n) is 3.50. The lowest BCUT2D eigenvalue weighted by molar-refractivity contribution is 0.0996. The van der Waals surface area contributed by atoms with Gasteiger partial charge in [-0.1, -0.05) is 0 Å². The van der Waals surface area contributed by atoms with Crippen LogP contribution in [0.15, 0.2) is 12.3 Å². The number of nitrogens with two attached hydrogens (primary N) is 1. The highest BCUT2D eigenvalue weighted by Gasteiger charge is 2.25. The first-order chi connectivity index (χ1) is 7.20. The fraction of sp³-hybridized carbons (Fsp3) is 0.400. The molecule has 0 unspecified atom stereocenters. The van der Waals surface area contributed by atoms with E-state index in [2.05, 4.69) is 10.3 Å². The van der Waals surface area contributed by atoms with Crippen molar-refractivity contribution in [3.05, 3.63) is 17.8 Å². The van der Waals surface area contributed by atoms with Gasteiger partial charge in [-0.2, -0.15) is 0 Å². The molecule has 0 spiro atoms. The van der Waals surface area contributed by atoms with Gasteiger partial charge in [0.05, 0.1) is 17.9 Å². The minimum Gasteiger partial charge on any atom is -0.488 e. The lowest BCUT2D eigenvalue weighted by Gasteiger charge is -2.09. The zero-order valence-corrected chi connectivity index (χ0v) is 8.49. The first-order valence-electron chi connectivity index (χ1n) is 4.85. The molecule has 0 aromatic carbocycles. The van der Waals surface area contributed by atoms with Crippen LogP contribution in [0.3, 0.4) is 0 Å². The number of hydrogen-bond donors (Lipinski definition) is 2. The summed E-state index contributed by atoms with van der Waals surface area (Å²) < 4.78 is 5.53. The van der Waals surface area contributed by atoms with E-state index in [1.54, 1.807) is 13.1 Å². The molecule has 5 heteroatoms. The maximum absolute atomic E-state index is 11.2. The van der Waals surface area contributed by atoms with Crippen LogP contribution in [0.2, 0.25) is 0 Å². The van der Waals surface area contributed by atoms with Crippen LogP contribution in [0.5, 0.6) is 5.75 Å². The summed E-state index contributed by atoms with van der Waals surface area (Å²) in [4.78, 5) is 15.3. The number of anilines is 1. The Bertz CT molecular complexity index is 388. The van der Waals surface area contributed by atoms with Gasteiger partial charge in [0, 0.05) is 7.05 Å². The lowest BCUT2D eigenvalue weighted by atomic mass is 10.2. The van der Waals surface area contributed by atoms with Gasteiger partial charge >= 0.3 is 0 Å². The second-order valence-corrected chi connectivity index (χ2v) is 3.50. The Labute approximate surface area is 87.6 Å². The standard InChI is InChI=1S/C10H13N3O2/c1-12-9-4-7(10(11)14)8(5-13-9)15-6-2-3-6/h4-6H,2-3H2,1H3,(H2,11,14)(H,12,13). The van der Waals surface area contributed by atoms with Crippen molar-refractivity contribution in [2.24, 2.45) is 5.73 Å². The number of amides is 1. The van der Waals surface area contributed by atoms with Crippen molar-refractivity contribution in [2.75, 3.05) is 12.4 Å². The summed E-state index contributed by atoms with van der Waals surface area (Å²) in [6.07, 6.45) is 3.83. The van der Waals surface area contributed by atoms with E-state index in [-0.39, 0.29) is 6.10 Å². The summed E-state index contributed by atoms with van der Waals surface area (Å²) >= 11 is 0. The third-order valence-corrected chi connectivity index (χ3v) is 2.21. The number of ether oxygens (including phenoxy) is 1. The number of pyridine rings is 1. The van der Waals surface area contributed by atoms with Crippen LogP contribution in [0.25, 0.3) is 0 Å². The van der Waals surface area contributed by atoms with E-state index >= 15 is 0 Å². The average molecular weight is 207 g/mol. The highest BCUT2D eigenvalue weighted by atomic mass is 16.5. The Morgan fingerprint density at radius 1 is 1.67 bits per heavy atom. The van der Waals surface area contributed by atoms with E-state index < -0.39 is 5.91 Å². The molecule has 1 aromatic heterocycles. The smallest absolute Gasteiger partial charge is 0.252 e. The number of nitrogens with one attached hydrogen (secondary N) is 1. The number of carbonyl (C=O) groups excluding carboxylic acids is 1. The molecule has 5 nitrogen and oxygen atoms in total. The van der Waals surface area contributed by atoms with Gasteiger partial charge in [0.1, 0.15) is 5.82 Å². The summed E-state index contributed by atoms with van der Waals surface area (Å²) in [6, 6.07) is 1.60. The molecule has 1 saturated carbocycles. The second kappa shape index (κ2) is 3.76. The summed E-state index contributed by atoms with van der Waals surface area (Å²) in [5.41, 5.74) is 5.64. The van der Waals surface area contributed by atoms with Crippen LogP contribution < -0.4 is 15.8 Å². The maximum atomic E-state index is 11.2. The highest BCUT2D eigenvalue weighted by Crippen LogP contribution is 2.29. The predicted octanol–water partition coefficient (Wildman–Crippen LogP) is 0.763. The number of hydrogen-bond acceptors (Lipinski definition) is 4. The monoisotopic (exact) mass is 207 g/mol.